The van der Waals surface area contributed by atoms with Gasteiger partial charge in [-0.1, -0.05) is 0 Å². The van der Waals surface area contributed by atoms with Crippen LogP contribution < -0.4 is 11.3 Å². The number of hydrogen-bond acceptors (Lipinski definition) is 6. The number of aromatic nitrogens is 1. The molecule has 1 aromatic heterocycles. The lowest BCUT2D eigenvalue weighted by atomic mass is 10.0. The van der Waals surface area contributed by atoms with Crippen LogP contribution in [0, 0.1) is 5.92 Å². The largest absolute Gasteiger partial charge is 0.393 e. The van der Waals surface area contributed by atoms with Crippen molar-refractivity contribution in [3.63, 3.8) is 0 Å². The average Bonchev–Trinajstić information content (AvgIpc) is 2.89. The Morgan fingerprint density at radius 3 is 2.95 bits per heavy atom. The molecule has 0 aliphatic carbocycles. The van der Waals surface area contributed by atoms with Crippen LogP contribution in [0.4, 0.5) is 5.82 Å². The first-order valence-electron chi connectivity index (χ1n) is 6.06. The molecule has 0 spiro atoms. The number of anilines is 1. The molecule has 1 saturated heterocycles. The van der Waals surface area contributed by atoms with E-state index in [1.807, 2.05) is 0 Å². The van der Waals surface area contributed by atoms with Crippen LogP contribution in [0.1, 0.15) is 13.3 Å². The van der Waals surface area contributed by atoms with Crippen molar-refractivity contribution < 1.29 is 13.5 Å². The Labute approximate surface area is 112 Å². The highest BCUT2D eigenvalue weighted by atomic mass is 32.2. The second kappa shape index (κ2) is 5.41. The lowest BCUT2D eigenvalue weighted by molar-refractivity contribution is 0.133. The first kappa shape index (κ1) is 14.2. The van der Waals surface area contributed by atoms with Gasteiger partial charge in [-0.2, -0.15) is 4.31 Å². The van der Waals surface area contributed by atoms with E-state index in [9.17, 15) is 13.5 Å². The fourth-order valence-electron chi connectivity index (χ4n) is 2.17. The maximum absolute atomic E-state index is 12.4. The van der Waals surface area contributed by atoms with E-state index in [0.717, 1.165) is 0 Å². The second-order valence-electron chi connectivity index (χ2n) is 4.67. The van der Waals surface area contributed by atoms with Crippen molar-refractivity contribution in [1.29, 1.82) is 0 Å². The topological polar surface area (TPSA) is 109 Å². The molecule has 106 valence electrons. The first-order chi connectivity index (χ1) is 8.95. The van der Waals surface area contributed by atoms with E-state index in [1.165, 1.54) is 22.6 Å². The van der Waals surface area contributed by atoms with E-state index in [0.29, 0.717) is 25.3 Å². The lowest BCUT2D eigenvalue weighted by Crippen LogP contribution is -2.30. The number of hydrazine groups is 1. The SMILES string of the molecule is CC(O)C1CCN(S(=O)(=O)c2ccnc(NN)c2)C1. The Bertz CT molecular complexity index is 547. The molecule has 2 heterocycles. The Hall–Kier alpha value is -1.22. The van der Waals surface area contributed by atoms with Crippen molar-refractivity contribution in [1.82, 2.24) is 9.29 Å². The van der Waals surface area contributed by atoms with Gasteiger partial charge in [-0.05, 0) is 25.3 Å². The average molecular weight is 286 g/mol. The number of nitrogens with one attached hydrogen (secondary N) is 1. The van der Waals surface area contributed by atoms with Crippen molar-refractivity contribution in [2.45, 2.75) is 24.3 Å². The van der Waals surface area contributed by atoms with Gasteiger partial charge in [0.1, 0.15) is 5.82 Å². The van der Waals surface area contributed by atoms with E-state index in [-0.39, 0.29) is 10.8 Å². The minimum Gasteiger partial charge on any atom is -0.393 e. The maximum atomic E-state index is 12.4. The molecule has 2 atom stereocenters. The van der Waals surface area contributed by atoms with Gasteiger partial charge in [0, 0.05) is 25.4 Å². The number of hydrogen-bond donors (Lipinski definition) is 3. The number of aliphatic hydroxyl groups excluding tert-OH is 1. The Balaban J connectivity index is 2.23. The minimum absolute atomic E-state index is 0.0104. The van der Waals surface area contributed by atoms with E-state index in [1.54, 1.807) is 6.92 Å². The summed E-state index contributed by atoms with van der Waals surface area (Å²) >= 11 is 0. The quantitative estimate of drug-likeness (QED) is 0.520. The van der Waals surface area contributed by atoms with Gasteiger partial charge in [0.25, 0.3) is 0 Å². The van der Waals surface area contributed by atoms with Gasteiger partial charge in [0.2, 0.25) is 10.0 Å². The highest BCUT2D eigenvalue weighted by molar-refractivity contribution is 7.89. The second-order valence-corrected chi connectivity index (χ2v) is 6.61. The summed E-state index contributed by atoms with van der Waals surface area (Å²) in [5.74, 6) is 5.51. The molecule has 2 unspecified atom stereocenters. The Morgan fingerprint density at radius 2 is 2.37 bits per heavy atom. The third kappa shape index (κ3) is 2.86. The summed E-state index contributed by atoms with van der Waals surface area (Å²) in [6, 6.07) is 2.83. The number of pyridine rings is 1. The summed E-state index contributed by atoms with van der Waals surface area (Å²) in [4.78, 5) is 4.04. The third-order valence-corrected chi connectivity index (χ3v) is 5.25. The van der Waals surface area contributed by atoms with Crippen LogP contribution in [-0.4, -0.2) is 42.0 Å². The zero-order valence-corrected chi connectivity index (χ0v) is 11.5. The van der Waals surface area contributed by atoms with Crippen LogP contribution in [0.5, 0.6) is 0 Å². The van der Waals surface area contributed by atoms with E-state index < -0.39 is 16.1 Å². The highest BCUT2D eigenvalue weighted by Crippen LogP contribution is 2.26. The van der Waals surface area contributed by atoms with Crippen LogP contribution in [0.25, 0.3) is 0 Å². The van der Waals surface area contributed by atoms with Crippen LogP contribution in [0.15, 0.2) is 23.2 Å². The molecule has 1 aromatic rings. The molecule has 0 amide bonds. The number of sulfonamides is 1. The summed E-state index contributed by atoms with van der Waals surface area (Å²) < 4.78 is 26.2. The Kier molecular flexibility index (Phi) is 4.04. The van der Waals surface area contributed by atoms with Gasteiger partial charge in [0.15, 0.2) is 0 Å². The summed E-state index contributed by atoms with van der Waals surface area (Å²) in [7, 11) is -3.55. The lowest BCUT2D eigenvalue weighted by Gasteiger charge is -2.18. The van der Waals surface area contributed by atoms with Crippen LogP contribution in [0.3, 0.4) is 0 Å². The minimum atomic E-state index is -3.55. The van der Waals surface area contributed by atoms with Crippen molar-refractivity contribution in [2.24, 2.45) is 11.8 Å². The van der Waals surface area contributed by atoms with Crippen LogP contribution in [0.2, 0.25) is 0 Å². The zero-order valence-electron chi connectivity index (χ0n) is 10.7. The summed E-state index contributed by atoms with van der Waals surface area (Å²) in [5.41, 5.74) is 2.32. The Morgan fingerprint density at radius 1 is 1.63 bits per heavy atom. The molecule has 8 heteroatoms. The molecule has 0 saturated carbocycles. The fourth-order valence-corrected chi connectivity index (χ4v) is 3.69. The van der Waals surface area contributed by atoms with Crippen molar-refractivity contribution >= 4 is 15.8 Å². The van der Waals surface area contributed by atoms with Gasteiger partial charge < -0.3 is 10.5 Å². The van der Waals surface area contributed by atoms with Gasteiger partial charge >= 0.3 is 0 Å². The predicted molar refractivity (Wildman–Crippen MR) is 70.6 cm³/mol. The zero-order chi connectivity index (χ0) is 14.0. The molecule has 0 aromatic carbocycles. The molecule has 4 N–H and O–H groups in total. The summed E-state index contributed by atoms with van der Waals surface area (Å²) in [6.07, 6.45) is 1.56. The van der Waals surface area contributed by atoms with Gasteiger partial charge in [-0.25, -0.2) is 19.2 Å². The highest BCUT2D eigenvalue weighted by Gasteiger charge is 2.34. The number of rotatable bonds is 4. The number of nitrogens with two attached hydrogens (primary N) is 1. The molecule has 1 fully saturated rings. The first-order valence-corrected chi connectivity index (χ1v) is 7.50. The number of nitrogen functional groups attached to an aromatic ring is 1. The molecular weight excluding hydrogens is 268 g/mol. The van der Waals surface area contributed by atoms with Gasteiger partial charge in [0.05, 0.1) is 11.0 Å². The number of nitrogens with zero attached hydrogens (tertiary/aromatic N) is 2. The van der Waals surface area contributed by atoms with Crippen molar-refractivity contribution in [2.75, 3.05) is 18.5 Å². The molecule has 7 nitrogen and oxygen atoms in total. The smallest absolute Gasteiger partial charge is 0.243 e. The van der Waals surface area contributed by atoms with Crippen molar-refractivity contribution in [3.8, 4) is 0 Å². The molecular formula is C11H18N4O3S. The van der Waals surface area contributed by atoms with Crippen molar-refractivity contribution in [3.05, 3.63) is 18.3 Å². The predicted octanol–water partition coefficient (Wildman–Crippen LogP) is -0.241. The summed E-state index contributed by atoms with van der Waals surface area (Å²) in [6.45, 7) is 2.45. The molecule has 2 rings (SSSR count). The van der Waals surface area contributed by atoms with E-state index in [2.05, 4.69) is 10.4 Å². The number of aliphatic hydroxyl groups is 1. The standard InChI is InChI=1S/C11H18N4O3S/c1-8(16)9-3-5-15(7-9)19(17,18)10-2-4-13-11(6-10)14-12/h2,4,6,8-9,16H,3,5,7,12H2,1H3,(H,13,14). The monoisotopic (exact) mass is 286 g/mol. The summed E-state index contributed by atoms with van der Waals surface area (Å²) in [5, 5.41) is 9.53. The molecule has 19 heavy (non-hydrogen) atoms. The third-order valence-electron chi connectivity index (χ3n) is 3.39. The van der Waals surface area contributed by atoms with Crippen LogP contribution >= 0.6 is 0 Å². The van der Waals surface area contributed by atoms with Gasteiger partial charge in [-0.3, -0.25) is 0 Å². The molecule has 1 aliphatic heterocycles. The van der Waals surface area contributed by atoms with Gasteiger partial charge in [-0.15, -0.1) is 0 Å². The molecule has 1 aliphatic rings. The van der Waals surface area contributed by atoms with Crippen LogP contribution in [-0.2, 0) is 10.0 Å². The van der Waals surface area contributed by atoms with E-state index >= 15 is 0 Å². The molecule has 0 radical (unpaired) electrons. The fraction of sp³-hybridized carbons (Fsp3) is 0.545. The van der Waals surface area contributed by atoms with E-state index in [4.69, 9.17) is 5.84 Å². The normalized spacial score (nSPS) is 22.4. The molecule has 0 bridgehead atoms. The maximum Gasteiger partial charge on any atom is 0.243 e.